The fraction of sp³-hybridized carbons (Fsp3) is 0.929. The van der Waals surface area contributed by atoms with Crippen molar-refractivity contribution in [2.75, 3.05) is 13.1 Å². The Labute approximate surface area is 111 Å². The van der Waals surface area contributed by atoms with Gasteiger partial charge in [0.25, 0.3) is 0 Å². The second kappa shape index (κ2) is 5.91. The van der Waals surface area contributed by atoms with Crippen LogP contribution in [0.25, 0.3) is 0 Å². The van der Waals surface area contributed by atoms with Crippen molar-refractivity contribution >= 4 is 6.09 Å². The molecule has 4 nitrogen and oxygen atoms in total. The molecule has 0 radical (unpaired) electrons. The van der Waals surface area contributed by atoms with E-state index in [2.05, 4.69) is 13.8 Å². The van der Waals surface area contributed by atoms with Gasteiger partial charge >= 0.3 is 6.09 Å². The van der Waals surface area contributed by atoms with E-state index < -0.39 is 5.60 Å². The molecule has 1 saturated heterocycles. The number of nitrogens with two attached hydrogens (primary N) is 1. The van der Waals surface area contributed by atoms with Crippen LogP contribution in [0.15, 0.2) is 0 Å². The molecule has 106 valence electrons. The summed E-state index contributed by atoms with van der Waals surface area (Å²) in [6.45, 7) is 11.5. The SMILES string of the molecule is CC(C)C(N)C1CCN(C(=O)OC(C)(C)C)CC1. The van der Waals surface area contributed by atoms with Crippen molar-refractivity contribution in [1.29, 1.82) is 0 Å². The average Bonchev–Trinajstić information content (AvgIpc) is 2.26. The lowest BCUT2D eigenvalue weighted by atomic mass is 9.84. The van der Waals surface area contributed by atoms with Crippen LogP contribution >= 0.6 is 0 Å². The lowest BCUT2D eigenvalue weighted by Crippen LogP contribution is -2.46. The van der Waals surface area contributed by atoms with E-state index in [0.717, 1.165) is 25.9 Å². The number of carbonyl (C=O) groups is 1. The maximum absolute atomic E-state index is 11.9. The van der Waals surface area contributed by atoms with Crippen molar-refractivity contribution in [3.8, 4) is 0 Å². The van der Waals surface area contributed by atoms with Gasteiger partial charge in [0.2, 0.25) is 0 Å². The first kappa shape index (κ1) is 15.3. The van der Waals surface area contributed by atoms with Crippen molar-refractivity contribution in [3.05, 3.63) is 0 Å². The Bertz CT molecular complexity index is 276. The molecule has 1 unspecified atom stereocenters. The molecule has 0 aromatic heterocycles. The third-order valence-electron chi connectivity index (χ3n) is 3.51. The predicted octanol–water partition coefficient (Wildman–Crippen LogP) is 2.62. The van der Waals surface area contributed by atoms with Gasteiger partial charge < -0.3 is 15.4 Å². The molecule has 1 heterocycles. The Morgan fingerprint density at radius 2 is 1.78 bits per heavy atom. The van der Waals surface area contributed by atoms with Crippen molar-refractivity contribution in [2.24, 2.45) is 17.6 Å². The Morgan fingerprint density at radius 3 is 2.17 bits per heavy atom. The Morgan fingerprint density at radius 1 is 1.28 bits per heavy atom. The van der Waals surface area contributed by atoms with E-state index in [1.54, 1.807) is 4.90 Å². The normalized spacial score (nSPS) is 20.1. The number of rotatable bonds is 2. The molecule has 1 fully saturated rings. The Hall–Kier alpha value is -0.770. The summed E-state index contributed by atoms with van der Waals surface area (Å²) in [6, 6.07) is 0.241. The summed E-state index contributed by atoms with van der Waals surface area (Å²) in [5.41, 5.74) is 5.77. The summed E-state index contributed by atoms with van der Waals surface area (Å²) in [4.78, 5) is 13.7. The largest absolute Gasteiger partial charge is 0.444 e. The molecule has 0 bridgehead atoms. The monoisotopic (exact) mass is 256 g/mol. The molecule has 1 aliphatic heterocycles. The molecule has 1 aliphatic rings. The first-order valence-corrected chi connectivity index (χ1v) is 6.94. The maximum Gasteiger partial charge on any atom is 0.410 e. The Kier molecular flexibility index (Phi) is 5.02. The fourth-order valence-corrected chi connectivity index (χ4v) is 2.34. The highest BCUT2D eigenvalue weighted by Crippen LogP contribution is 2.24. The molecule has 0 aliphatic carbocycles. The highest BCUT2D eigenvalue weighted by molar-refractivity contribution is 5.68. The molecule has 18 heavy (non-hydrogen) atoms. The number of likely N-dealkylation sites (tertiary alicyclic amines) is 1. The van der Waals surface area contributed by atoms with Crippen LogP contribution in [0.2, 0.25) is 0 Å². The van der Waals surface area contributed by atoms with Crippen LogP contribution in [0, 0.1) is 11.8 Å². The predicted molar refractivity (Wildman–Crippen MR) is 73.3 cm³/mol. The van der Waals surface area contributed by atoms with Crippen LogP contribution in [0.4, 0.5) is 4.79 Å². The first-order valence-electron chi connectivity index (χ1n) is 6.94. The van der Waals surface area contributed by atoms with E-state index in [-0.39, 0.29) is 12.1 Å². The number of hydrogen-bond acceptors (Lipinski definition) is 3. The minimum atomic E-state index is -0.414. The number of ether oxygens (including phenoxy) is 1. The summed E-state index contributed by atoms with van der Waals surface area (Å²) in [5, 5.41) is 0. The molecule has 0 aromatic carbocycles. The smallest absolute Gasteiger partial charge is 0.410 e. The van der Waals surface area contributed by atoms with Gasteiger partial charge in [-0.05, 0) is 45.4 Å². The first-order chi connectivity index (χ1) is 8.20. The van der Waals surface area contributed by atoms with Gasteiger partial charge in [-0.25, -0.2) is 4.79 Å². The highest BCUT2D eigenvalue weighted by atomic mass is 16.6. The van der Waals surface area contributed by atoms with Gasteiger partial charge in [0.05, 0.1) is 0 Å². The molecule has 1 amide bonds. The lowest BCUT2D eigenvalue weighted by molar-refractivity contribution is 0.0168. The van der Waals surface area contributed by atoms with Gasteiger partial charge in [-0.15, -0.1) is 0 Å². The van der Waals surface area contributed by atoms with Gasteiger partial charge in [0.15, 0.2) is 0 Å². The highest BCUT2D eigenvalue weighted by Gasteiger charge is 2.30. The molecule has 0 aromatic rings. The van der Waals surface area contributed by atoms with E-state index in [1.165, 1.54) is 0 Å². The summed E-state index contributed by atoms with van der Waals surface area (Å²) < 4.78 is 5.38. The molecular weight excluding hydrogens is 228 g/mol. The van der Waals surface area contributed by atoms with Crippen LogP contribution in [0.3, 0.4) is 0 Å². The van der Waals surface area contributed by atoms with E-state index in [9.17, 15) is 4.79 Å². The van der Waals surface area contributed by atoms with Crippen molar-refractivity contribution in [1.82, 2.24) is 4.90 Å². The lowest BCUT2D eigenvalue weighted by Gasteiger charge is -2.36. The van der Waals surface area contributed by atoms with Crippen LogP contribution in [-0.2, 0) is 4.74 Å². The van der Waals surface area contributed by atoms with E-state index in [0.29, 0.717) is 11.8 Å². The van der Waals surface area contributed by atoms with Crippen LogP contribution < -0.4 is 5.73 Å². The molecule has 4 heteroatoms. The summed E-state index contributed by atoms with van der Waals surface area (Å²) in [7, 11) is 0. The van der Waals surface area contributed by atoms with Gasteiger partial charge in [-0.1, -0.05) is 13.8 Å². The van der Waals surface area contributed by atoms with E-state index in [1.807, 2.05) is 20.8 Å². The molecule has 2 N–H and O–H groups in total. The van der Waals surface area contributed by atoms with E-state index in [4.69, 9.17) is 10.5 Å². The second-order valence-corrected chi connectivity index (χ2v) is 6.63. The summed E-state index contributed by atoms with van der Waals surface area (Å²) in [5.74, 6) is 1.03. The zero-order valence-electron chi connectivity index (χ0n) is 12.4. The maximum atomic E-state index is 11.9. The van der Waals surface area contributed by atoms with Crippen LogP contribution in [0.5, 0.6) is 0 Å². The number of carbonyl (C=O) groups excluding carboxylic acids is 1. The van der Waals surface area contributed by atoms with Gasteiger partial charge in [-0.3, -0.25) is 0 Å². The van der Waals surface area contributed by atoms with Gasteiger partial charge in [-0.2, -0.15) is 0 Å². The van der Waals surface area contributed by atoms with Crippen molar-refractivity contribution in [3.63, 3.8) is 0 Å². The third kappa shape index (κ3) is 4.48. The number of piperidine rings is 1. The van der Waals surface area contributed by atoms with Crippen molar-refractivity contribution < 1.29 is 9.53 Å². The van der Waals surface area contributed by atoms with Crippen LogP contribution in [-0.4, -0.2) is 35.7 Å². The average molecular weight is 256 g/mol. The summed E-state index contributed by atoms with van der Waals surface area (Å²) in [6.07, 6.45) is 1.77. The quantitative estimate of drug-likeness (QED) is 0.826. The number of amides is 1. The van der Waals surface area contributed by atoms with Gasteiger partial charge in [0.1, 0.15) is 5.60 Å². The minimum Gasteiger partial charge on any atom is -0.444 e. The third-order valence-corrected chi connectivity index (χ3v) is 3.51. The topological polar surface area (TPSA) is 55.6 Å². The number of nitrogens with zero attached hydrogens (tertiary/aromatic N) is 1. The second-order valence-electron chi connectivity index (χ2n) is 6.63. The van der Waals surface area contributed by atoms with E-state index >= 15 is 0 Å². The van der Waals surface area contributed by atoms with Crippen molar-refractivity contribution in [2.45, 2.75) is 59.1 Å². The van der Waals surface area contributed by atoms with Gasteiger partial charge in [0, 0.05) is 19.1 Å². The van der Waals surface area contributed by atoms with Crippen LogP contribution in [0.1, 0.15) is 47.5 Å². The molecule has 1 atom stereocenters. The molecular formula is C14H28N2O2. The zero-order chi connectivity index (χ0) is 13.9. The molecule has 0 saturated carbocycles. The fourth-order valence-electron chi connectivity index (χ4n) is 2.34. The Balaban J connectivity index is 2.42. The molecule has 0 spiro atoms. The molecule has 1 rings (SSSR count). The number of hydrogen-bond donors (Lipinski definition) is 1. The minimum absolute atomic E-state index is 0.195. The summed E-state index contributed by atoms with van der Waals surface area (Å²) >= 11 is 0. The zero-order valence-corrected chi connectivity index (χ0v) is 12.4. The standard InChI is InChI=1S/C14H28N2O2/c1-10(2)12(15)11-6-8-16(9-7-11)13(17)18-14(3,4)5/h10-12H,6-9,15H2,1-5H3.